The Kier molecular flexibility index (Phi) is 5.89. The van der Waals surface area contributed by atoms with Gasteiger partial charge in [0.25, 0.3) is 5.56 Å². The van der Waals surface area contributed by atoms with Crippen molar-refractivity contribution in [3.63, 3.8) is 0 Å². The Labute approximate surface area is 186 Å². The Bertz CT molecular complexity index is 1360. The van der Waals surface area contributed by atoms with Gasteiger partial charge in [0.1, 0.15) is 5.82 Å². The molecule has 1 aliphatic heterocycles. The zero-order valence-corrected chi connectivity index (χ0v) is 18.3. The lowest BCUT2D eigenvalue weighted by molar-refractivity contribution is -0.139. The summed E-state index contributed by atoms with van der Waals surface area (Å²) < 4.78 is 20.7. The highest BCUT2D eigenvalue weighted by Gasteiger charge is 2.33. The number of aromatic nitrogens is 1. The quantitative estimate of drug-likeness (QED) is 0.564. The lowest BCUT2D eigenvalue weighted by Gasteiger charge is -2.24. The highest BCUT2D eigenvalue weighted by atomic mass is 35.5. The number of ether oxygens (including phenoxy) is 1. The predicted octanol–water partition coefficient (Wildman–Crippen LogP) is 3.59. The average Bonchev–Trinajstić information content (AvgIpc) is 3.04. The minimum Gasteiger partial charge on any atom is -0.463 e. The molecule has 2 heterocycles. The van der Waals surface area contributed by atoms with E-state index in [-0.39, 0.29) is 17.7 Å². The predicted molar refractivity (Wildman–Crippen MR) is 118 cm³/mol. The summed E-state index contributed by atoms with van der Waals surface area (Å²) in [5.41, 5.74) is 1.85. The normalized spacial score (nSPS) is 16.1. The second kappa shape index (κ2) is 8.61. The first-order chi connectivity index (χ1) is 14.9. The Balaban J connectivity index is 1.94. The number of carbonyl (C=O) groups is 1. The third-order valence-corrected chi connectivity index (χ3v) is 6.11. The van der Waals surface area contributed by atoms with Gasteiger partial charge < -0.3 is 4.74 Å². The summed E-state index contributed by atoms with van der Waals surface area (Å²) in [7, 11) is 0. The standard InChI is InChI=1S/C23H18ClFN2O3S/c1-3-30-22(29)19-13(2)26-23-27(20(19)15-6-10-17(25)11-7-15)21(28)18(31-23)12-14-4-8-16(24)9-5-14/h4-12,20H,3H2,1-2H3/b18-12+/t20-/m0/s1. The van der Waals surface area contributed by atoms with Gasteiger partial charge in [-0.1, -0.05) is 47.2 Å². The number of fused-ring (bicyclic) bond motifs is 1. The van der Waals surface area contributed by atoms with Crippen LogP contribution in [0.3, 0.4) is 0 Å². The molecule has 8 heteroatoms. The maximum atomic E-state index is 13.6. The fourth-order valence-corrected chi connectivity index (χ4v) is 4.63. The number of thiazole rings is 1. The molecule has 4 rings (SSSR count). The highest BCUT2D eigenvalue weighted by molar-refractivity contribution is 7.07. The molecule has 31 heavy (non-hydrogen) atoms. The van der Waals surface area contributed by atoms with Crippen molar-refractivity contribution in [2.75, 3.05) is 6.61 Å². The summed E-state index contributed by atoms with van der Waals surface area (Å²) in [5.74, 6) is -0.956. The number of benzene rings is 2. The topological polar surface area (TPSA) is 60.7 Å². The van der Waals surface area contributed by atoms with Crippen LogP contribution in [-0.4, -0.2) is 17.1 Å². The Morgan fingerprint density at radius 1 is 1.23 bits per heavy atom. The van der Waals surface area contributed by atoms with Crippen LogP contribution in [-0.2, 0) is 9.53 Å². The van der Waals surface area contributed by atoms with Crippen molar-refractivity contribution in [2.24, 2.45) is 4.99 Å². The van der Waals surface area contributed by atoms with E-state index in [9.17, 15) is 14.0 Å². The third-order valence-electron chi connectivity index (χ3n) is 4.87. The number of hydrogen-bond acceptors (Lipinski definition) is 5. The summed E-state index contributed by atoms with van der Waals surface area (Å²) in [6.45, 7) is 3.60. The molecular weight excluding hydrogens is 439 g/mol. The molecule has 0 amide bonds. The van der Waals surface area contributed by atoms with E-state index in [0.29, 0.717) is 25.6 Å². The van der Waals surface area contributed by atoms with Crippen molar-refractivity contribution < 1.29 is 13.9 Å². The number of rotatable bonds is 4. The first kappa shape index (κ1) is 21.2. The molecule has 1 atom stereocenters. The van der Waals surface area contributed by atoms with Gasteiger partial charge in [0.2, 0.25) is 0 Å². The van der Waals surface area contributed by atoms with Gasteiger partial charge in [0, 0.05) is 5.02 Å². The van der Waals surface area contributed by atoms with E-state index in [1.54, 1.807) is 44.2 Å². The van der Waals surface area contributed by atoms with Crippen LogP contribution in [0, 0.1) is 5.82 Å². The lowest BCUT2D eigenvalue weighted by atomic mass is 9.96. The van der Waals surface area contributed by atoms with Gasteiger partial charge in [-0.05, 0) is 55.3 Å². The van der Waals surface area contributed by atoms with Crippen LogP contribution in [0.1, 0.15) is 31.0 Å². The van der Waals surface area contributed by atoms with E-state index < -0.39 is 17.8 Å². The molecule has 0 N–H and O–H groups in total. The molecule has 0 bridgehead atoms. The van der Waals surface area contributed by atoms with E-state index in [1.807, 2.05) is 12.1 Å². The highest BCUT2D eigenvalue weighted by Crippen LogP contribution is 2.30. The summed E-state index contributed by atoms with van der Waals surface area (Å²) in [4.78, 5) is 31.1. The summed E-state index contributed by atoms with van der Waals surface area (Å²) >= 11 is 7.17. The Morgan fingerprint density at radius 3 is 2.55 bits per heavy atom. The van der Waals surface area contributed by atoms with Gasteiger partial charge in [0.05, 0.1) is 28.5 Å². The number of allylic oxidation sites excluding steroid dienone is 1. The fraction of sp³-hybridized carbons (Fsp3) is 0.174. The number of esters is 1. The molecule has 5 nitrogen and oxygen atoms in total. The molecule has 0 saturated heterocycles. The minimum absolute atomic E-state index is 0.187. The number of hydrogen-bond donors (Lipinski definition) is 0. The van der Waals surface area contributed by atoms with Crippen LogP contribution in [0.2, 0.25) is 5.02 Å². The molecule has 1 aliphatic rings. The molecule has 3 aromatic rings. The fourth-order valence-electron chi connectivity index (χ4n) is 3.46. The smallest absolute Gasteiger partial charge is 0.338 e. The first-order valence-electron chi connectivity index (χ1n) is 9.59. The maximum absolute atomic E-state index is 13.6. The molecule has 0 aliphatic carbocycles. The lowest BCUT2D eigenvalue weighted by Crippen LogP contribution is -2.39. The number of carbonyl (C=O) groups excluding carboxylic acids is 1. The summed E-state index contributed by atoms with van der Waals surface area (Å²) in [6.07, 6.45) is 1.76. The number of halogens is 2. The molecule has 0 spiro atoms. The second-order valence-corrected chi connectivity index (χ2v) is 8.35. The molecular formula is C23H18ClFN2O3S. The Morgan fingerprint density at radius 2 is 1.90 bits per heavy atom. The zero-order valence-electron chi connectivity index (χ0n) is 16.8. The van der Waals surface area contributed by atoms with Crippen LogP contribution in [0.5, 0.6) is 0 Å². The molecule has 0 fully saturated rings. The first-order valence-corrected chi connectivity index (χ1v) is 10.8. The van der Waals surface area contributed by atoms with Gasteiger partial charge in [-0.15, -0.1) is 0 Å². The average molecular weight is 457 g/mol. The van der Waals surface area contributed by atoms with Crippen LogP contribution >= 0.6 is 22.9 Å². The monoisotopic (exact) mass is 456 g/mol. The van der Waals surface area contributed by atoms with E-state index in [0.717, 1.165) is 5.56 Å². The zero-order chi connectivity index (χ0) is 22.1. The van der Waals surface area contributed by atoms with Crippen LogP contribution in [0.15, 0.2) is 69.6 Å². The molecule has 0 saturated carbocycles. The van der Waals surface area contributed by atoms with Crippen LogP contribution in [0.4, 0.5) is 4.39 Å². The molecule has 0 radical (unpaired) electrons. The van der Waals surface area contributed by atoms with E-state index >= 15 is 0 Å². The van der Waals surface area contributed by atoms with Crippen molar-refractivity contribution in [2.45, 2.75) is 19.9 Å². The van der Waals surface area contributed by atoms with Crippen molar-refractivity contribution in [1.29, 1.82) is 0 Å². The van der Waals surface area contributed by atoms with Crippen molar-refractivity contribution in [3.8, 4) is 0 Å². The maximum Gasteiger partial charge on any atom is 0.338 e. The Hall–Kier alpha value is -3.03. The molecule has 0 unspecified atom stereocenters. The second-order valence-electron chi connectivity index (χ2n) is 6.91. The summed E-state index contributed by atoms with van der Waals surface area (Å²) in [5, 5.41) is 0.602. The largest absolute Gasteiger partial charge is 0.463 e. The van der Waals surface area contributed by atoms with Gasteiger partial charge in [-0.3, -0.25) is 9.36 Å². The van der Waals surface area contributed by atoms with Gasteiger partial charge in [-0.25, -0.2) is 14.2 Å². The minimum atomic E-state index is -0.761. The summed E-state index contributed by atoms with van der Waals surface area (Å²) in [6, 6.07) is 12.1. The van der Waals surface area contributed by atoms with Crippen LogP contribution in [0.25, 0.3) is 6.08 Å². The molecule has 158 valence electrons. The van der Waals surface area contributed by atoms with Crippen LogP contribution < -0.4 is 14.9 Å². The van der Waals surface area contributed by atoms with E-state index in [4.69, 9.17) is 16.3 Å². The SMILES string of the molecule is CCOC(=O)C1=C(C)N=c2s/c(=C/c3ccc(Cl)cc3)c(=O)n2[C@H]1c1ccc(F)cc1. The van der Waals surface area contributed by atoms with Gasteiger partial charge >= 0.3 is 5.97 Å². The van der Waals surface area contributed by atoms with Crippen molar-refractivity contribution in [1.82, 2.24) is 4.57 Å². The van der Waals surface area contributed by atoms with Gasteiger partial charge in [0.15, 0.2) is 4.80 Å². The third kappa shape index (κ3) is 4.11. The van der Waals surface area contributed by atoms with E-state index in [1.165, 1.54) is 28.0 Å². The van der Waals surface area contributed by atoms with Gasteiger partial charge in [-0.2, -0.15) is 0 Å². The van der Waals surface area contributed by atoms with E-state index in [2.05, 4.69) is 4.99 Å². The number of nitrogens with zero attached hydrogens (tertiary/aromatic N) is 2. The molecule has 1 aromatic heterocycles. The molecule has 2 aromatic carbocycles. The van der Waals surface area contributed by atoms with Crippen molar-refractivity contribution in [3.05, 3.63) is 101 Å². The van der Waals surface area contributed by atoms with Crippen molar-refractivity contribution >= 4 is 35.0 Å².